The summed E-state index contributed by atoms with van der Waals surface area (Å²) in [7, 11) is 0. The van der Waals surface area contributed by atoms with Crippen molar-refractivity contribution in [2.75, 3.05) is 12.3 Å². The van der Waals surface area contributed by atoms with Gasteiger partial charge in [0.15, 0.2) is 0 Å². The first kappa shape index (κ1) is 16.4. The summed E-state index contributed by atoms with van der Waals surface area (Å²) < 4.78 is 17.2. The van der Waals surface area contributed by atoms with Gasteiger partial charge in [-0.05, 0) is 43.3 Å². The van der Waals surface area contributed by atoms with Crippen LogP contribution >= 0.6 is 0 Å². The third-order valence-corrected chi connectivity index (χ3v) is 3.24. The van der Waals surface area contributed by atoms with Gasteiger partial charge in [-0.15, -0.1) is 0 Å². The standard InChI is InChI=1S/C18H17N3O4/c1-2-23-18(22)25-17-11-21(12-20-17)14-4-3-5-16(10-14)24-15-8-6-13(19)7-9-15/h3-12H,2,19H2,1H3. The van der Waals surface area contributed by atoms with E-state index in [1.54, 1.807) is 42.0 Å². The number of nitrogens with two attached hydrogens (primary N) is 1. The summed E-state index contributed by atoms with van der Waals surface area (Å²) in [5, 5.41) is 0. The largest absolute Gasteiger partial charge is 0.515 e. The van der Waals surface area contributed by atoms with Gasteiger partial charge in [0.2, 0.25) is 5.88 Å². The van der Waals surface area contributed by atoms with E-state index in [0.29, 0.717) is 17.2 Å². The molecule has 3 rings (SSSR count). The lowest BCUT2D eigenvalue weighted by Crippen LogP contribution is -2.10. The van der Waals surface area contributed by atoms with Crippen LogP contribution in [0.1, 0.15) is 6.92 Å². The average Bonchev–Trinajstić information content (AvgIpc) is 3.06. The highest BCUT2D eigenvalue weighted by Gasteiger charge is 2.09. The van der Waals surface area contributed by atoms with Crippen LogP contribution in [0.15, 0.2) is 61.1 Å². The van der Waals surface area contributed by atoms with Crippen LogP contribution < -0.4 is 15.2 Å². The van der Waals surface area contributed by atoms with E-state index in [1.165, 1.54) is 6.33 Å². The van der Waals surface area contributed by atoms with E-state index in [0.717, 1.165) is 5.69 Å². The van der Waals surface area contributed by atoms with Crippen LogP contribution in [0.2, 0.25) is 0 Å². The fourth-order valence-electron chi connectivity index (χ4n) is 2.11. The van der Waals surface area contributed by atoms with Gasteiger partial charge in [0.1, 0.15) is 17.8 Å². The van der Waals surface area contributed by atoms with E-state index < -0.39 is 6.16 Å². The second-order valence-electron chi connectivity index (χ2n) is 5.07. The number of hydrogen-bond acceptors (Lipinski definition) is 6. The number of benzene rings is 2. The summed E-state index contributed by atoms with van der Waals surface area (Å²) in [6, 6.07) is 14.6. The molecular weight excluding hydrogens is 322 g/mol. The average molecular weight is 339 g/mol. The van der Waals surface area contributed by atoms with Crippen LogP contribution in [0.25, 0.3) is 5.69 Å². The quantitative estimate of drug-likeness (QED) is 0.562. The lowest BCUT2D eigenvalue weighted by Gasteiger charge is -2.08. The van der Waals surface area contributed by atoms with E-state index in [4.69, 9.17) is 19.9 Å². The molecule has 0 saturated carbocycles. The van der Waals surface area contributed by atoms with Crippen LogP contribution in [0, 0.1) is 0 Å². The molecule has 128 valence electrons. The molecule has 0 aliphatic carbocycles. The van der Waals surface area contributed by atoms with Crippen molar-refractivity contribution in [1.82, 2.24) is 9.55 Å². The predicted molar refractivity (Wildman–Crippen MR) is 92.1 cm³/mol. The van der Waals surface area contributed by atoms with Crippen molar-refractivity contribution in [1.29, 1.82) is 0 Å². The maximum absolute atomic E-state index is 11.3. The van der Waals surface area contributed by atoms with Crippen molar-refractivity contribution in [3.63, 3.8) is 0 Å². The lowest BCUT2D eigenvalue weighted by atomic mass is 10.3. The van der Waals surface area contributed by atoms with E-state index >= 15 is 0 Å². The number of hydrogen-bond donors (Lipinski definition) is 1. The van der Waals surface area contributed by atoms with Crippen LogP contribution in [0.3, 0.4) is 0 Å². The highest BCUT2D eigenvalue weighted by atomic mass is 16.7. The summed E-state index contributed by atoms with van der Waals surface area (Å²) in [5.74, 6) is 1.50. The third-order valence-electron chi connectivity index (χ3n) is 3.24. The van der Waals surface area contributed by atoms with E-state index in [9.17, 15) is 4.79 Å². The molecule has 0 amide bonds. The smallest absolute Gasteiger partial charge is 0.457 e. The Hall–Kier alpha value is -3.48. The molecule has 25 heavy (non-hydrogen) atoms. The first-order chi connectivity index (χ1) is 12.1. The normalized spacial score (nSPS) is 10.3. The number of aromatic nitrogens is 2. The number of carbonyl (C=O) groups excluding carboxylic acids is 1. The van der Waals surface area contributed by atoms with Gasteiger partial charge in [-0.2, -0.15) is 0 Å². The number of anilines is 1. The van der Waals surface area contributed by atoms with Crippen LogP contribution in [-0.4, -0.2) is 22.3 Å². The fourth-order valence-corrected chi connectivity index (χ4v) is 2.11. The zero-order valence-electron chi connectivity index (χ0n) is 13.6. The van der Waals surface area contributed by atoms with Gasteiger partial charge in [0.05, 0.1) is 18.5 Å². The third kappa shape index (κ3) is 4.29. The molecular formula is C18H17N3O4. The Morgan fingerprint density at radius 2 is 1.96 bits per heavy atom. The molecule has 1 aromatic heterocycles. The first-order valence-corrected chi connectivity index (χ1v) is 7.66. The Morgan fingerprint density at radius 1 is 1.16 bits per heavy atom. The molecule has 7 heteroatoms. The van der Waals surface area contributed by atoms with Gasteiger partial charge in [-0.1, -0.05) is 6.07 Å². The summed E-state index contributed by atoms with van der Waals surface area (Å²) >= 11 is 0. The second kappa shape index (κ2) is 7.39. The highest BCUT2D eigenvalue weighted by Crippen LogP contribution is 2.25. The zero-order valence-corrected chi connectivity index (χ0v) is 13.6. The molecule has 0 saturated heterocycles. The molecule has 0 aliphatic heterocycles. The van der Waals surface area contributed by atoms with E-state index in [-0.39, 0.29) is 12.5 Å². The molecule has 3 aromatic rings. The maximum atomic E-state index is 11.3. The van der Waals surface area contributed by atoms with Crippen LogP contribution in [0.4, 0.5) is 10.5 Å². The van der Waals surface area contributed by atoms with Crippen LogP contribution in [-0.2, 0) is 4.74 Å². The monoisotopic (exact) mass is 339 g/mol. The summed E-state index contributed by atoms with van der Waals surface area (Å²) in [6.45, 7) is 1.94. The molecule has 2 aromatic carbocycles. The number of nitrogen functional groups attached to an aromatic ring is 1. The van der Waals surface area contributed by atoms with E-state index in [2.05, 4.69) is 4.98 Å². The predicted octanol–water partition coefficient (Wildman–Crippen LogP) is 3.78. The molecule has 0 spiro atoms. The summed E-state index contributed by atoms with van der Waals surface area (Å²) in [5.41, 5.74) is 7.14. The first-order valence-electron chi connectivity index (χ1n) is 7.66. The minimum Gasteiger partial charge on any atom is -0.457 e. The van der Waals surface area contributed by atoms with Gasteiger partial charge < -0.3 is 24.5 Å². The Kier molecular flexibility index (Phi) is 4.84. The van der Waals surface area contributed by atoms with Crippen molar-refractivity contribution in [2.24, 2.45) is 0 Å². The Labute approximate surface area is 144 Å². The van der Waals surface area contributed by atoms with Gasteiger partial charge in [-0.25, -0.2) is 9.78 Å². The van der Waals surface area contributed by atoms with Crippen LogP contribution in [0.5, 0.6) is 17.4 Å². The molecule has 1 heterocycles. The summed E-state index contributed by atoms with van der Waals surface area (Å²) in [6.07, 6.45) is 2.34. The Morgan fingerprint density at radius 3 is 2.72 bits per heavy atom. The molecule has 0 atom stereocenters. The molecule has 0 unspecified atom stereocenters. The number of rotatable bonds is 5. The number of carbonyl (C=O) groups is 1. The number of nitrogens with zero attached hydrogens (tertiary/aromatic N) is 2. The van der Waals surface area contributed by atoms with Crippen molar-refractivity contribution in [3.8, 4) is 23.1 Å². The van der Waals surface area contributed by atoms with E-state index in [1.807, 2.05) is 24.3 Å². The van der Waals surface area contributed by atoms with Gasteiger partial charge in [0.25, 0.3) is 0 Å². The topological polar surface area (TPSA) is 88.6 Å². The maximum Gasteiger partial charge on any atom is 0.515 e. The van der Waals surface area contributed by atoms with Gasteiger partial charge in [0, 0.05) is 11.8 Å². The minimum atomic E-state index is -0.784. The van der Waals surface area contributed by atoms with Crippen molar-refractivity contribution in [3.05, 3.63) is 61.1 Å². The minimum absolute atomic E-state index is 0.156. The molecule has 0 fully saturated rings. The molecule has 0 radical (unpaired) electrons. The zero-order chi connectivity index (χ0) is 17.6. The molecule has 0 aliphatic rings. The molecule has 7 nitrogen and oxygen atoms in total. The number of imidazole rings is 1. The SMILES string of the molecule is CCOC(=O)Oc1cn(-c2cccc(Oc3ccc(N)cc3)c2)cn1. The number of ether oxygens (including phenoxy) is 3. The van der Waals surface area contributed by atoms with Crippen molar-refractivity contribution < 1.29 is 19.0 Å². The highest BCUT2D eigenvalue weighted by molar-refractivity contribution is 5.62. The Balaban J connectivity index is 1.74. The second-order valence-corrected chi connectivity index (χ2v) is 5.07. The summed E-state index contributed by atoms with van der Waals surface area (Å²) in [4.78, 5) is 15.3. The van der Waals surface area contributed by atoms with Gasteiger partial charge >= 0.3 is 6.16 Å². The lowest BCUT2D eigenvalue weighted by molar-refractivity contribution is 0.103. The Bertz CT molecular complexity index is 859. The fraction of sp³-hybridized carbons (Fsp3) is 0.111. The van der Waals surface area contributed by atoms with Crippen molar-refractivity contribution in [2.45, 2.75) is 6.92 Å². The van der Waals surface area contributed by atoms with Crippen molar-refractivity contribution >= 4 is 11.8 Å². The van der Waals surface area contributed by atoms with Gasteiger partial charge in [-0.3, -0.25) is 0 Å². The molecule has 0 bridgehead atoms. The molecule has 2 N–H and O–H groups in total.